The van der Waals surface area contributed by atoms with Gasteiger partial charge in [0.1, 0.15) is 29.5 Å². The minimum atomic E-state index is -1.14. The molecule has 5 aliphatic rings. The van der Waals surface area contributed by atoms with Crippen LogP contribution in [0.5, 0.6) is 11.5 Å². The summed E-state index contributed by atoms with van der Waals surface area (Å²) in [6.45, 7) is 7.06. The molecule has 1 saturated carbocycles. The van der Waals surface area contributed by atoms with Crippen LogP contribution in [0, 0.1) is 34.6 Å². The van der Waals surface area contributed by atoms with E-state index in [1.54, 1.807) is 7.05 Å². The first kappa shape index (κ1) is 52.2. The molecule has 1 aliphatic carbocycles. The van der Waals surface area contributed by atoms with Gasteiger partial charge >= 0.3 is 6.03 Å². The lowest BCUT2D eigenvalue weighted by Crippen LogP contribution is -2.49. The van der Waals surface area contributed by atoms with Gasteiger partial charge in [0.25, 0.3) is 0 Å². The summed E-state index contributed by atoms with van der Waals surface area (Å²) < 4.78 is 78.2. The Labute approximate surface area is 436 Å². The Morgan fingerprint density at radius 3 is 2.37 bits per heavy atom. The molecule has 20 heteroatoms. The van der Waals surface area contributed by atoms with Crippen LogP contribution >= 0.6 is 11.6 Å². The van der Waals surface area contributed by atoms with Gasteiger partial charge in [0.2, 0.25) is 17.7 Å². The number of benzene rings is 4. The van der Waals surface area contributed by atoms with E-state index in [0.29, 0.717) is 57.4 Å². The summed E-state index contributed by atoms with van der Waals surface area (Å²) in [5.41, 5.74) is 5.10. The Morgan fingerprint density at radius 1 is 0.947 bits per heavy atom. The fraction of sp³-hybridized carbons (Fsp3) is 0.473. The van der Waals surface area contributed by atoms with Crippen LogP contribution in [0.3, 0.4) is 0 Å². The van der Waals surface area contributed by atoms with Crippen LogP contribution in [0.25, 0.3) is 22.0 Å². The van der Waals surface area contributed by atoms with Gasteiger partial charge in [-0.3, -0.25) is 29.3 Å². The van der Waals surface area contributed by atoms with Gasteiger partial charge in [-0.2, -0.15) is 5.10 Å². The van der Waals surface area contributed by atoms with E-state index in [0.717, 1.165) is 31.4 Å². The number of hydrogen-bond donors (Lipinski definition) is 4. The van der Waals surface area contributed by atoms with Crippen LogP contribution in [0.1, 0.15) is 104 Å². The number of aliphatic hydroxyl groups excluding tert-OH is 1. The van der Waals surface area contributed by atoms with Crippen molar-refractivity contribution in [1.82, 2.24) is 30.2 Å². The van der Waals surface area contributed by atoms with Crippen molar-refractivity contribution < 1.29 is 51.3 Å². The van der Waals surface area contributed by atoms with Crippen molar-refractivity contribution in [3.8, 4) is 22.6 Å². The fourth-order valence-electron chi connectivity index (χ4n) is 12.5. The number of aromatic nitrogens is 2. The van der Waals surface area contributed by atoms with Crippen molar-refractivity contribution >= 4 is 52.1 Å². The summed E-state index contributed by atoms with van der Waals surface area (Å²) in [6, 6.07) is 13.7. The van der Waals surface area contributed by atoms with Crippen molar-refractivity contribution in [3.05, 3.63) is 105 Å². The maximum atomic E-state index is 16.5. The highest BCUT2D eigenvalue weighted by molar-refractivity contribution is 6.34. The van der Waals surface area contributed by atoms with E-state index in [2.05, 4.69) is 27.6 Å². The van der Waals surface area contributed by atoms with Gasteiger partial charge in [0.15, 0.2) is 28.8 Å². The first-order valence-corrected chi connectivity index (χ1v) is 26.1. The van der Waals surface area contributed by atoms with Crippen molar-refractivity contribution in [2.24, 2.45) is 24.1 Å². The molecule has 398 valence electrons. The summed E-state index contributed by atoms with van der Waals surface area (Å²) in [6.07, 6.45) is 4.76. The van der Waals surface area contributed by atoms with Crippen molar-refractivity contribution in [2.75, 3.05) is 63.9 Å². The number of aliphatic hydroxyl groups is 1. The highest BCUT2D eigenvalue weighted by atomic mass is 35.5. The molecule has 5 N–H and O–H groups in total. The number of fused-ring (bicyclic) bond motifs is 2. The normalized spacial score (nSPS) is 24.4. The molecule has 0 radical (unpaired) electrons. The van der Waals surface area contributed by atoms with E-state index in [4.69, 9.17) is 26.8 Å². The topological polar surface area (TPSA) is 185 Å². The minimum absolute atomic E-state index is 0.0151. The number of nitrogens with two attached hydrogens (primary N) is 1. The Morgan fingerprint density at radius 2 is 1.68 bits per heavy atom. The van der Waals surface area contributed by atoms with Crippen LogP contribution in [-0.2, 0) is 22.2 Å². The second-order valence-electron chi connectivity index (χ2n) is 21.3. The molecule has 75 heavy (non-hydrogen) atoms. The number of halogens is 5. The maximum absolute atomic E-state index is 16.5. The van der Waals surface area contributed by atoms with E-state index < -0.39 is 64.3 Å². The number of likely N-dealkylation sites (tertiary alicyclic amines) is 2. The van der Waals surface area contributed by atoms with E-state index in [-0.39, 0.29) is 106 Å². The summed E-state index contributed by atoms with van der Waals surface area (Å²) in [5.74, 6) is -5.62. The number of anilines is 1. The highest BCUT2D eigenvalue weighted by Gasteiger charge is 2.51. The average Bonchev–Trinajstić information content (AvgIpc) is 4.04. The van der Waals surface area contributed by atoms with Crippen LogP contribution in [0.15, 0.2) is 54.6 Å². The van der Waals surface area contributed by atoms with E-state index in [1.807, 2.05) is 42.2 Å². The van der Waals surface area contributed by atoms with E-state index >= 15 is 17.6 Å². The van der Waals surface area contributed by atoms with Crippen molar-refractivity contribution in [2.45, 2.75) is 88.7 Å². The first-order chi connectivity index (χ1) is 35.9. The molecule has 15 nitrogen and oxygen atoms in total. The molecule has 4 aliphatic heterocycles. The number of carbonyl (C=O) groups excluding carboxylic acids is 4. The summed E-state index contributed by atoms with van der Waals surface area (Å²) in [4.78, 5) is 56.8. The monoisotopic (exact) mass is 1060 g/mol. The Balaban J connectivity index is 0.767. The van der Waals surface area contributed by atoms with Gasteiger partial charge in [-0.05, 0) is 93.1 Å². The molecule has 0 spiro atoms. The molecule has 5 heterocycles. The number of hydrogen-bond acceptors (Lipinski definition) is 10. The van der Waals surface area contributed by atoms with E-state index in [1.165, 1.54) is 33.8 Å². The van der Waals surface area contributed by atoms with Crippen molar-refractivity contribution in [3.63, 3.8) is 0 Å². The SMILES string of the molecule is C[C@H]1c2c(cc(F)c(Cl)c2-c2c(C(N)=O)ccc(OCCO)c2F)O[C@]1(CNC1CCC(C(=O)N2CCC(C)(CN3CCC(c4c(F)cc5c(N6CCC(=O)NC6=O)nn(C)c5c4F)CC3)C2)CC1)c1ccccc1. The molecule has 1 unspecified atom stereocenters. The first-order valence-electron chi connectivity index (χ1n) is 25.7. The Bertz CT molecular complexity index is 3070. The highest BCUT2D eigenvalue weighted by Crippen LogP contribution is 2.57. The van der Waals surface area contributed by atoms with Crippen LogP contribution in [0.2, 0.25) is 5.02 Å². The number of amides is 5. The molecule has 5 amide bonds. The van der Waals surface area contributed by atoms with Gasteiger partial charge in [-0.25, -0.2) is 22.4 Å². The molecular formula is C55H61ClF4N8O7. The van der Waals surface area contributed by atoms with Gasteiger partial charge in [-0.15, -0.1) is 0 Å². The van der Waals surface area contributed by atoms with Gasteiger partial charge < -0.3 is 35.4 Å². The molecule has 0 bridgehead atoms. The minimum Gasteiger partial charge on any atom is -0.488 e. The maximum Gasteiger partial charge on any atom is 0.329 e. The van der Waals surface area contributed by atoms with Crippen LogP contribution in [0.4, 0.5) is 28.2 Å². The molecule has 4 aromatic carbocycles. The number of piperidine rings is 1. The zero-order valence-corrected chi connectivity index (χ0v) is 42.9. The predicted molar refractivity (Wildman–Crippen MR) is 273 cm³/mol. The quantitative estimate of drug-likeness (QED) is 0.0795. The number of ether oxygens (including phenoxy) is 2. The fourth-order valence-corrected chi connectivity index (χ4v) is 12.8. The molecule has 3 saturated heterocycles. The summed E-state index contributed by atoms with van der Waals surface area (Å²) in [7, 11) is 1.55. The summed E-state index contributed by atoms with van der Waals surface area (Å²) >= 11 is 6.72. The van der Waals surface area contributed by atoms with E-state index in [9.17, 15) is 24.3 Å². The lowest BCUT2D eigenvalue weighted by molar-refractivity contribution is -0.136. The molecule has 1 aromatic heterocycles. The molecule has 4 fully saturated rings. The van der Waals surface area contributed by atoms with Gasteiger partial charge in [0.05, 0.1) is 22.6 Å². The number of carbonyl (C=O) groups is 4. The second kappa shape index (κ2) is 20.7. The number of aryl methyl sites for hydroxylation is 1. The smallest absolute Gasteiger partial charge is 0.329 e. The van der Waals surface area contributed by atoms with Gasteiger partial charge in [-0.1, -0.05) is 55.8 Å². The average molecular weight is 1060 g/mol. The third-order valence-electron chi connectivity index (χ3n) is 16.4. The zero-order valence-electron chi connectivity index (χ0n) is 42.1. The number of rotatable bonds is 14. The van der Waals surface area contributed by atoms with Crippen LogP contribution < -0.4 is 30.7 Å². The number of nitrogens with one attached hydrogen (secondary N) is 2. The predicted octanol–water partition coefficient (Wildman–Crippen LogP) is 8.02. The largest absolute Gasteiger partial charge is 0.488 e. The molecule has 3 atom stereocenters. The van der Waals surface area contributed by atoms with Gasteiger partial charge in [0, 0.05) is 92.4 Å². The lowest BCUT2D eigenvalue weighted by Gasteiger charge is -2.38. The third kappa shape index (κ3) is 9.58. The molecular weight excluding hydrogens is 996 g/mol. The second-order valence-corrected chi connectivity index (χ2v) is 21.6. The summed E-state index contributed by atoms with van der Waals surface area (Å²) in [5, 5.41) is 19.4. The molecule has 10 rings (SSSR count). The van der Waals surface area contributed by atoms with Crippen LogP contribution in [-0.4, -0.2) is 114 Å². The molecule has 5 aromatic rings. The number of primary amides is 1. The Hall–Kier alpha value is -6.28. The number of urea groups is 1. The Kier molecular flexibility index (Phi) is 14.4. The zero-order chi connectivity index (χ0) is 53.1. The number of imide groups is 1. The van der Waals surface area contributed by atoms with Crippen molar-refractivity contribution in [1.29, 1.82) is 0 Å². The third-order valence-corrected chi connectivity index (χ3v) is 16.8. The lowest BCUT2D eigenvalue weighted by atomic mass is 9.77. The number of nitrogens with zero attached hydrogens (tertiary/aromatic N) is 5. The standard InChI is InChI=1S/C55H61ClF4N8O7/c1-30-42-40(26-38(58)46(56)45(42)44-35(50(61)71)13-14-39(47(44)59)74-24-23-69)75-55(30,33-7-5-4-6-8-33)27-62-34-11-9-32(10-12-34)52(72)67-22-18-54(2,29-67)28-66-19-15-31(16-20-66)43-37(57)25-36-49(48(43)60)65(3)64-51(36)68-21-17-41(70)63-53(68)73/h4-8,13-14,25-26,30-32,34,62,69H,9-12,15-24,27-29H2,1-3H3,(H2,61,71)(H,63,70,73)/t30-,32?,34?,54?,55-/m0/s1.